The number of rotatable bonds is 0. The molecule has 0 aliphatic carbocycles. The molecule has 0 bridgehead atoms. The van der Waals surface area contributed by atoms with E-state index in [9.17, 15) is 0 Å². The number of aliphatic carboxylic acids is 1. The van der Waals surface area contributed by atoms with Gasteiger partial charge in [0, 0.05) is 24.0 Å². The molecule has 0 atom stereocenters. The first-order chi connectivity index (χ1) is 3.73. The first-order valence-electron chi connectivity index (χ1n) is 1.63. The van der Waals surface area contributed by atoms with Crippen LogP contribution in [0.15, 0.2) is 0 Å². The van der Waals surface area contributed by atoms with Gasteiger partial charge in [0.05, 0.1) is 0 Å². The maximum atomic E-state index is 9.00. The Hall–Kier alpha value is 3.13. The summed E-state index contributed by atoms with van der Waals surface area (Å²) in [6, 6.07) is 0. The number of hydrogen-bond donors (Lipinski definition) is 3. The van der Waals surface area contributed by atoms with E-state index in [1.165, 1.54) is 0 Å². The maximum Gasteiger partial charge on any atom is 1.00 e. The maximum absolute atomic E-state index is 9.00. The summed E-state index contributed by atoms with van der Waals surface area (Å²) in [6.07, 6.45) is 0. The molecule has 67 valence electrons. The molecule has 0 heterocycles. The van der Waals surface area contributed by atoms with Crippen molar-refractivity contribution in [3.8, 4) is 0 Å². The van der Waals surface area contributed by atoms with Crippen LogP contribution in [0.1, 0.15) is 9.78 Å². The predicted molar refractivity (Wildman–Crippen MR) is 29.7 cm³/mol. The van der Waals surface area contributed by atoms with Crippen LogP contribution in [0.2, 0.25) is 0 Å². The van der Waals surface area contributed by atoms with Crippen LogP contribution in [0.25, 0.3) is 0 Å². The van der Waals surface area contributed by atoms with Gasteiger partial charge < -0.3 is 7.96 Å². The average Bonchev–Trinajstić information content (AvgIpc) is 1.19. The first-order valence-corrected chi connectivity index (χ1v) is 3.02. The summed E-state index contributed by atoms with van der Waals surface area (Å²) in [6.45, 7) is 1.08. The largest absolute Gasteiger partial charge is 1.00 e. The van der Waals surface area contributed by atoms with E-state index in [2.05, 4.69) is 0 Å². The predicted octanol–water partition coefficient (Wildman–Crippen LogP) is -6.33. The molecule has 0 unspecified atom stereocenters. The van der Waals surface area contributed by atoms with Crippen LogP contribution < -0.4 is 103 Å². The van der Waals surface area contributed by atoms with Crippen LogP contribution in [-0.4, -0.2) is 28.6 Å². The molecule has 0 amide bonds. The van der Waals surface area contributed by atoms with Gasteiger partial charge in [0.25, 0.3) is 5.97 Å². The van der Waals surface area contributed by atoms with Crippen LogP contribution in [0.4, 0.5) is 0 Å². The van der Waals surface area contributed by atoms with E-state index < -0.39 is 16.4 Å². The molecule has 0 rings (SSSR count). The number of carboxylic acid groups (broad SMARTS) is 1. The van der Waals surface area contributed by atoms with Gasteiger partial charge in [0.15, 0.2) is 0 Å². The van der Waals surface area contributed by atoms with Gasteiger partial charge in [-0.15, -0.1) is 0 Å². The SMILES string of the molecule is CC(=O)O.O=S(=O)(O)O.[H-].[H-].[K+].[K+].[Mn]. The standard InChI is InChI=1S/C2H4O2.2K.Mn.H2O4S.2H/c1-2(3)4;;;;1-5(2,3)4;;/h1H3,(H,3,4);;;;(H2,1,2,3,4);;/q;2*+1;;;2*-1. The minimum Gasteiger partial charge on any atom is -1.00 e. The average molecular weight is 293 g/mol. The van der Waals surface area contributed by atoms with Gasteiger partial charge >= 0.3 is 113 Å². The first kappa shape index (κ1) is 29.4. The smallest absolute Gasteiger partial charge is 1.00 e. The quantitative estimate of drug-likeness (QED) is 0.302. The van der Waals surface area contributed by atoms with E-state index in [1.54, 1.807) is 0 Å². The van der Waals surface area contributed by atoms with Crippen LogP contribution in [0, 0.1) is 0 Å². The third kappa shape index (κ3) is 197. The zero-order valence-corrected chi connectivity index (χ0v) is 15.1. The molecular formula is C2H8K2MnO6S. The van der Waals surface area contributed by atoms with Crippen molar-refractivity contribution in [2.45, 2.75) is 6.92 Å². The number of carboxylic acids is 1. The molecule has 0 aliphatic rings. The van der Waals surface area contributed by atoms with Gasteiger partial charge in [-0.05, 0) is 0 Å². The Bertz CT molecular complexity index is 174. The van der Waals surface area contributed by atoms with Crippen molar-refractivity contribution in [2.75, 3.05) is 0 Å². The monoisotopic (exact) mass is 293 g/mol. The zero-order valence-electron chi connectivity index (χ0n) is 8.85. The van der Waals surface area contributed by atoms with Crippen molar-refractivity contribution in [2.24, 2.45) is 0 Å². The second-order valence-corrected chi connectivity index (χ2v) is 1.86. The van der Waals surface area contributed by atoms with Gasteiger partial charge in [-0.25, -0.2) is 0 Å². The van der Waals surface area contributed by atoms with Crippen LogP contribution in [-0.2, 0) is 32.3 Å². The summed E-state index contributed by atoms with van der Waals surface area (Å²) in [4.78, 5) is 9.00. The fraction of sp³-hybridized carbons (Fsp3) is 0.500. The summed E-state index contributed by atoms with van der Waals surface area (Å²) in [7, 11) is -4.67. The minimum atomic E-state index is -4.67. The molecule has 0 spiro atoms. The Morgan fingerprint density at radius 1 is 1.25 bits per heavy atom. The van der Waals surface area contributed by atoms with Gasteiger partial charge in [0.1, 0.15) is 0 Å². The fourth-order valence-corrected chi connectivity index (χ4v) is 0. The Labute approximate surface area is 169 Å². The molecule has 0 aromatic carbocycles. The van der Waals surface area contributed by atoms with E-state index in [0.29, 0.717) is 0 Å². The topological polar surface area (TPSA) is 112 Å². The number of carbonyl (C=O) groups is 1. The van der Waals surface area contributed by atoms with Crippen LogP contribution in [0.5, 0.6) is 0 Å². The van der Waals surface area contributed by atoms with Gasteiger partial charge in [-0.2, -0.15) is 8.42 Å². The van der Waals surface area contributed by atoms with Crippen molar-refractivity contribution >= 4 is 16.4 Å². The van der Waals surface area contributed by atoms with Gasteiger partial charge in [-0.3, -0.25) is 13.9 Å². The third-order valence-electron chi connectivity index (χ3n) is 0. The second-order valence-electron chi connectivity index (χ2n) is 0.967. The van der Waals surface area contributed by atoms with E-state index >= 15 is 0 Å². The summed E-state index contributed by atoms with van der Waals surface area (Å²) < 4.78 is 31.6. The molecule has 0 aromatic rings. The Balaban J connectivity index is -0.0000000104. The second kappa shape index (κ2) is 16.6. The summed E-state index contributed by atoms with van der Waals surface area (Å²) in [5.41, 5.74) is 0. The van der Waals surface area contributed by atoms with Crippen molar-refractivity contribution < 1.29 is 150 Å². The van der Waals surface area contributed by atoms with Gasteiger partial charge in [0.2, 0.25) is 0 Å². The molecule has 0 aromatic heterocycles. The van der Waals surface area contributed by atoms with E-state index in [0.717, 1.165) is 6.92 Å². The Kier molecular flexibility index (Phi) is 40.6. The minimum absolute atomic E-state index is 0. The van der Waals surface area contributed by atoms with E-state index in [-0.39, 0.29) is 123 Å². The van der Waals surface area contributed by atoms with Crippen molar-refractivity contribution in [3.63, 3.8) is 0 Å². The molecule has 10 heteroatoms. The normalized spacial score (nSPS) is 6.92. The molecule has 3 N–H and O–H groups in total. The third-order valence-corrected chi connectivity index (χ3v) is 0. The summed E-state index contributed by atoms with van der Waals surface area (Å²) >= 11 is 0. The Morgan fingerprint density at radius 2 is 1.25 bits per heavy atom. The van der Waals surface area contributed by atoms with Crippen LogP contribution in [0.3, 0.4) is 0 Å². The summed E-state index contributed by atoms with van der Waals surface area (Å²) in [5.74, 6) is -0.833. The van der Waals surface area contributed by atoms with Crippen molar-refractivity contribution in [1.82, 2.24) is 0 Å². The van der Waals surface area contributed by atoms with E-state index in [1.807, 2.05) is 0 Å². The zero-order chi connectivity index (χ0) is 8.08. The van der Waals surface area contributed by atoms with Gasteiger partial charge in [-0.1, -0.05) is 0 Å². The molecule has 6 nitrogen and oxygen atoms in total. The molecular weight excluding hydrogens is 285 g/mol. The molecule has 12 heavy (non-hydrogen) atoms. The molecule has 1 radical (unpaired) electrons. The molecule has 0 saturated heterocycles. The fourth-order valence-electron chi connectivity index (χ4n) is 0. The molecule has 0 fully saturated rings. The molecule has 0 aliphatic heterocycles. The number of hydrogen-bond acceptors (Lipinski definition) is 3. The summed E-state index contributed by atoms with van der Waals surface area (Å²) in [5, 5.41) is 7.42. The van der Waals surface area contributed by atoms with E-state index in [4.69, 9.17) is 27.4 Å². The van der Waals surface area contributed by atoms with Crippen LogP contribution >= 0.6 is 0 Å². The molecule has 0 saturated carbocycles. The van der Waals surface area contributed by atoms with Crippen molar-refractivity contribution in [3.05, 3.63) is 0 Å². The Morgan fingerprint density at radius 3 is 1.25 bits per heavy atom. The van der Waals surface area contributed by atoms with Crippen molar-refractivity contribution in [1.29, 1.82) is 0 Å².